The molecule has 0 radical (unpaired) electrons. The van der Waals surface area contributed by atoms with Crippen LogP contribution in [-0.4, -0.2) is 16.1 Å². The van der Waals surface area contributed by atoms with Gasteiger partial charge in [0.1, 0.15) is 5.01 Å². The van der Waals surface area contributed by atoms with Crippen molar-refractivity contribution < 1.29 is 4.79 Å². The summed E-state index contributed by atoms with van der Waals surface area (Å²) in [5, 5.41) is 12.6. The number of amides is 1. The lowest BCUT2D eigenvalue weighted by molar-refractivity contribution is -0.116. The van der Waals surface area contributed by atoms with Crippen LogP contribution in [0.15, 0.2) is 0 Å². The lowest BCUT2D eigenvalue weighted by Crippen LogP contribution is -2.11. The zero-order valence-corrected chi connectivity index (χ0v) is 10.5. The summed E-state index contributed by atoms with van der Waals surface area (Å²) >= 11 is 1.51. The maximum absolute atomic E-state index is 11.5. The van der Waals surface area contributed by atoms with Crippen LogP contribution in [0.1, 0.15) is 50.5 Å². The molecule has 0 spiro atoms. The summed E-state index contributed by atoms with van der Waals surface area (Å²) in [5.74, 6) is 1.22. The highest BCUT2D eigenvalue weighted by molar-refractivity contribution is 7.15. The predicted molar refractivity (Wildman–Crippen MR) is 64.6 cm³/mol. The van der Waals surface area contributed by atoms with Crippen molar-refractivity contribution in [2.24, 2.45) is 5.92 Å². The molecule has 0 unspecified atom stereocenters. The molecule has 88 valence electrons. The van der Waals surface area contributed by atoms with Gasteiger partial charge in [0.05, 0.1) is 0 Å². The molecule has 1 aliphatic rings. The first-order valence-corrected chi connectivity index (χ1v) is 6.60. The molecule has 0 aromatic carbocycles. The zero-order chi connectivity index (χ0) is 11.5. The number of hydrogen-bond donors (Lipinski definition) is 1. The minimum Gasteiger partial charge on any atom is -0.301 e. The van der Waals surface area contributed by atoms with E-state index in [4.69, 9.17) is 0 Å². The van der Waals surface area contributed by atoms with Gasteiger partial charge in [0, 0.05) is 12.3 Å². The largest absolute Gasteiger partial charge is 0.301 e. The molecule has 2 rings (SSSR count). The Morgan fingerprint density at radius 1 is 1.50 bits per heavy atom. The maximum Gasteiger partial charge on any atom is 0.226 e. The molecule has 0 aliphatic heterocycles. The fourth-order valence-corrected chi connectivity index (χ4v) is 2.31. The first-order chi connectivity index (χ1) is 7.65. The second-order valence-corrected chi connectivity index (χ2v) is 5.71. The van der Waals surface area contributed by atoms with E-state index in [0.717, 1.165) is 11.4 Å². The first-order valence-electron chi connectivity index (χ1n) is 5.78. The minimum atomic E-state index is 0.0483. The van der Waals surface area contributed by atoms with Gasteiger partial charge in [-0.2, -0.15) is 0 Å². The second-order valence-electron chi connectivity index (χ2n) is 4.70. The fraction of sp³-hybridized carbons (Fsp3) is 0.727. The zero-order valence-electron chi connectivity index (χ0n) is 9.69. The predicted octanol–water partition coefficient (Wildman–Crippen LogP) is 2.79. The Morgan fingerprint density at radius 3 is 2.88 bits per heavy atom. The molecule has 0 atom stereocenters. The lowest BCUT2D eigenvalue weighted by Gasteiger charge is -2.03. The fourth-order valence-electron chi connectivity index (χ4n) is 1.38. The van der Waals surface area contributed by atoms with Gasteiger partial charge < -0.3 is 5.32 Å². The average molecular weight is 239 g/mol. The lowest BCUT2D eigenvalue weighted by atomic mass is 10.1. The van der Waals surface area contributed by atoms with Gasteiger partial charge in [-0.25, -0.2) is 0 Å². The van der Waals surface area contributed by atoms with Crippen molar-refractivity contribution in [1.82, 2.24) is 10.2 Å². The molecular formula is C11H17N3OS. The van der Waals surface area contributed by atoms with Gasteiger partial charge >= 0.3 is 0 Å². The SMILES string of the molecule is CC(C)CCC(=O)Nc1nnc(C2CC2)s1. The summed E-state index contributed by atoms with van der Waals surface area (Å²) in [6.45, 7) is 4.23. The Kier molecular flexibility index (Phi) is 3.53. The van der Waals surface area contributed by atoms with Crippen LogP contribution in [0, 0.1) is 5.92 Å². The van der Waals surface area contributed by atoms with Gasteiger partial charge in [0.25, 0.3) is 0 Å². The number of carbonyl (C=O) groups excluding carboxylic acids is 1. The number of aromatic nitrogens is 2. The van der Waals surface area contributed by atoms with E-state index < -0.39 is 0 Å². The smallest absolute Gasteiger partial charge is 0.226 e. The normalized spacial score (nSPS) is 15.4. The summed E-state index contributed by atoms with van der Waals surface area (Å²) in [7, 11) is 0. The molecule has 16 heavy (non-hydrogen) atoms. The number of nitrogens with zero attached hydrogens (tertiary/aromatic N) is 2. The molecule has 5 heteroatoms. The second kappa shape index (κ2) is 4.91. The number of rotatable bonds is 5. The highest BCUT2D eigenvalue weighted by atomic mass is 32.1. The van der Waals surface area contributed by atoms with Gasteiger partial charge in [0.2, 0.25) is 11.0 Å². The molecule has 1 N–H and O–H groups in total. The Bertz CT molecular complexity index is 371. The van der Waals surface area contributed by atoms with Gasteiger partial charge in [-0.05, 0) is 25.2 Å². The van der Waals surface area contributed by atoms with Crippen molar-refractivity contribution in [3.05, 3.63) is 5.01 Å². The molecule has 1 amide bonds. The van der Waals surface area contributed by atoms with E-state index in [-0.39, 0.29) is 5.91 Å². The van der Waals surface area contributed by atoms with Crippen molar-refractivity contribution in [2.45, 2.75) is 45.4 Å². The molecule has 1 saturated carbocycles. The number of anilines is 1. The van der Waals surface area contributed by atoms with E-state index in [9.17, 15) is 4.79 Å². The number of hydrogen-bond acceptors (Lipinski definition) is 4. The molecule has 1 aromatic rings. The van der Waals surface area contributed by atoms with E-state index >= 15 is 0 Å². The van der Waals surface area contributed by atoms with Crippen molar-refractivity contribution in [3.63, 3.8) is 0 Å². The monoisotopic (exact) mass is 239 g/mol. The molecule has 1 heterocycles. The van der Waals surface area contributed by atoms with Crippen LogP contribution in [0.3, 0.4) is 0 Å². The van der Waals surface area contributed by atoms with Gasteiger partial charge in [-0.1, -0.05) is 25.2 Å². The van der Waals surface area contributed by atoms with E-state index in [1.54, 1.807) is 0 Å². The molecule has 1 fully saturated rings. The summed E-state index contributed by atoms with van der Waals surface area (Å²) in [6.07, 6.45) is 3.92. The first kappa shape index (κ1) is 11.5. The van der Waals surface area contributed by atoms with Crippen LogP contribution in [0.25, 0.3) is 0 Å². The van der Waals surface area contributed by atoms with Gasteiger partial charge in [-0.15, -0.1) is 10.2 Å². The summed E-state index contributed by atoms with van der Waals surface area (Å²) in [5.41, 5.74) is 0. The third-order valence-electron chi connectivity index (χ3n) is 2.56. The van der Waals surface area contributed by atoms with Crippen molar-refractivity contribution in [2.75, 3.05) is 5.32 Å². The molecule has 0 saturated heterocycles. The third kappa shape index (κ3) is 3.27. The molecule has 4 nitrogen and oxygen atoms in total. The summed E-state index contributed by atoms with van der Waals surface area (Å²) in [4.78, 5) is 11.5. The average Bonchev–Trinajstić information content (AvgIpc) is 2.98. The third-order valence-corrected chi connectivity index (χ3v) is 3.56. The highest BCUT2D eigenvalue weighted by Gasteiger charge is 2.27. The quantitative estimate of drug-likeness (QED) is 0.859. The van der Waals surface area contributed by atoms with Gasteiger partial charge in [0.15, 0.2) is 0 Å². The van der Waals surface area contributed by atoms with Crippen LogP contribution in [0.2, 0.25) is 0 Å². The Labute approximate surface area is 99.5 Å². The van der Waals surface area contributed by atoms with Crippen molar-refractivity contribution in [1.29, 1.82) is 0 Å². The topological polar surface area (TPSA) is 54.9 Å². The molecule has 1 aliphatic carbocycles. The number of nitrogens with one attached hydrogen (secondary N) is 1. The Balaban J connectivity index is 1.80. The van der Waals surface area contributed by atoms with E-state index in [1.165, 1.54) is 24.2 Å². The Morgan fingerprint density at radius 2 is 2.25 bits per heavy atom. The highest BCUT2D eigenvalue weighted by Crippen LogP contribution is 2.42. The van der Waals surface area contributed by atoms with Crippen molar-refractivity contribution in [3.8, 4) is 0 Å². The Hall–Kier alpha value is -0.970. The summed E-state index contributed by atoms with van der Waals surface area (Å²) < 4.78 is 0. The standard InChI is InChI=1S/C11H17N3OS/c1-7(2)3-6-9(15)12-11-14-13-10(16-11)8-4-5-8/h7-8H,3-6H2,1-2H3,(H,12,14,15). The number of carbonyl (C=O) groups is 1. The van der Waals surface area contributed by atoms with E-state index in [1.807, 2.05) is 0 Å². The van der Waals surface area contributed by atoms with Crippen LogP contribution >= 0.6 is 11.3 Å². The van der Waals surface area contributed by atoms with Crippen LogP contribution in [-0.2, 0) is 4.79 Å². The maximum atomic E-state index is 11.5. The van der Waals surface area contributed by atoms with Crippen LogP contribution in [0.5, 0.6) is 0 Å². The summed E-state index contributed by atoms with van der Waals surface area (Å²) in [6, 6.07) is 0. The van der Waals surface area contributed by atoms with Crippen molar-refractivity contribution >= 4 is 22.4 Å². The molecular weight excluding hydrogens is 222 g/mol. The molecule has 0 bridgehead atoms. The van der Waals surface area contributed by atoms with Crippen LogP contribution < -0.4 is 5.32 Å². The van der Waals surface area contributed by atoms with Crippen LogP contribution in [0.4, 0.5) is 5.13 Å². The van der Waals surface area contributed by atoms with E-state index in [0.29, 0.717) is 23.4 Å². The van der Waals surface area contributed by atoms with Gasteiger partial charge in [-0.3, -0.25) is 4.79 Å². The van der Waals surface area contributed by atoms with E-state index in [2.05, 4.69) is 29.4 Å². The minimum absolute atomic E-state index is 0.0483. The molecule has 1 aromatic heterocycles.